The summed E-state index contributed by atoms with van der Waals surface area (Å²) < 4.78 is 64.8. The number of halogens is 4. The highest BCUT2D eigenvalue weighted by Gasteiger charge is 2.22. The number of ether oxygens (including phenoxy) is 1. The monoisotopic (exact) mass is 432 g/mol. The van der Waals surface area contributed by atoms with Crippen molar-refractivity contribution in [3.05, 3.63) is 87.6 Å². The van der Waals surface area contributed by atoms with Gasteiger partial charge in [0.25, 0.3) is 0 Å². The molecule has 31 heavy (non-hydrogen) atoms. The van der Waals surface area contributed by atoms with Gasteiger partial charge in [0, 0.05) is 17.7 Å². The van der Waals surface area contributed by atoms with E-state index in [1.54, 1.807) is 0 Å². The van der Waals surface area contributed by atoms with Gasteiger partial charge in [-0.3, -0.25) is 4.79 Å². The van der Waals surface area contributed by atoms with Crippen molar-refractivity contribution >= 4 is 11.0 Å². The van der Waals surface area contributed by atoms with Crippen molar-refractivity contribution in [1.82, 2.24) is 0 Å². The molecule has 0 unspecified atom stereocenters. The quantitative estimate of drug-likeness (QED) is 0.444. The first-order chi connectivity index (χ1) is 14.7. The van der Waals surface area contributed by atoms with E-state index in [0.29, 0.717) is 0 Å². The molecule has 0 amide bonds. The molecule has 5 nitrogen and oxygen atoms in total. The van der Waals surface area contributed by atoms with Gasteiger partial charge in [-0.25, -0.2) is 17.6 Å². The van der Waals surface area contributed by atoms with Crippen LogP contribution >= 0.6 is 0 Å². The second-order valence-corrected chi connectivity index (χ2v) is 6.59. The van der Waals surface area contributed by atoms with Gasteiger partial charge < -0.3 is 19.4 Å². The summed E-state index contributed by atoms with van der Waals surface area (Å²) in [6.45, 7) is -0.400. The van der Waals surface area contributed by atoms with Crippen molar-refractivity contribution in [3.8, 4) is 28.6 Å². The van der Waals surface area contributed by atoms with Crippen LogP contribution in [0.4, 0.5) is 17.6 Å². The Labute approximate surface area is 171 Å². The van der Waals surface area contributed by atoms with E-state index in [9.17, 15) is 32.6 Å². The summed E-state index contributed by atoms with van der Waals surface area (Å²) in [5, 5.41) is 19.4. The molecular weight excluding hydrogens is 420 g/mol. The number of fused-ring (bicyclic) bond motifs is 1. The van der Waals surface area contributed by atoms with Crippen molar-refractivity contribution in [2.45, 2.75) is 6.61 Å². The van der Waals surface area contributed by atoms with Crippen LogP contribution in [0.15, 0.2) is 57.7 Å². The third-order valence-corrected chi connectivity index (χ3v) is 4.47. The average Bonchev–Trinajstić information content (AvgIpc) is 2.71. The minimum absolute atomic E-state index is 0.0685. The highest BCUT2D eigenvalue weighted by Crippen LogP contribution is 2.36. The Bertz CT molecular complexity index is 1380. The Morgan fingerprint density at radius 1 is 0.839 bits per heavy atom. The molecule has 0 aliphatic rings. The molecule has 3 aromatic carbocycles. The van der Waals surface area contributed by atoms with Crippen LogP contribution in [0.3, 0.4) is 0 Å². The Balaban J connectivity index is 1.89. The average molecular weight is 432 g/mol. The predicted octanol–water partition coefficient (Wildman–Crippen LogP) is 5.01. The van der Waals surface area contributed by atoms with Gasteiger partial charge >= 0.3 is 0 Å². The van der Waals surface area contributed by atoms with Crippen LogP contribution in [0.5, 0.6) is 17.2 Å². The molecule has 0 radical (unpaired) electrons. The maximum atomic E-state index is 13.8. The number of phenolic OH excluding ortho intramolecular Hbond substituents is 2. The summed E-state index contributed by atoms with van der Waals surface area (Å²) in [7, 11) is 0. The molecular formula is C22H12F4O5. The van der Waals surface area contributed by atoms with Gasteiger partial charge in [0.05, 0.1) is 0 Å². The lowest BCUT2D eigenvalue weighted by Gasteiger charge is -2.13. The molecule has 1 heterocycles. The van der Waals surface area contributed by atoms with Crippen LogP contribution in [0.25, 0.3) is 22.3 Å². The lowest BCUT2D eigenvalue weighted by molar-refractivity contribution is 0.296. The molecule has 0 aliphatic heterocycles. The van der Waals surface area contributed by atoms with Crippen molar-refractivity contribution < 1.29 is 36.9 Å². The summed E-state index contributed by atoms with van der Waals surface area (Å²) in [5.74, 6) is -6.34. The van der Waals surface area contributed by atoms with E-state index in [1.165, 1.54) is 6.07 Å². The summed E-state index contributed by atoms with van der Waals surface area (Å²) >= 11 is 0. The van der Waals surface area contributed by atoms with Gasteiger partial charge in [0.2, 0.25) is 11.2 Å². The molecule has 4 aromatic rings. The van der Waals surface area contributed by atoms with Crippen LogP contribution < -0.4 is 10.2 Å². The maximum absolute atomic E-state index is 13.8. The molecule has 158 valence electrons. The van der Waals surface area contributed by atoms with E-state index >= 15 is 0 Å². The van der Waals surface area contributed by atoms with Gasteiger partial charge in [-0.15, -0.1) is 0 Å². The standard InChI is InChI=1S/C22H12F4O5/c23-13-3-1-10(5-15(13)25)9-30-22-20(29)19-17(28)7-12(27)8-18(19)31-21(22)11-2-4-14(24)16(26)6-11/h1-8,27-28H,9H2. The lowest BCUT2D eigenvalue weighted by atomic mass is 10.1. The summed E-state index contributed by atoms with van der Waals surface area (Å²) in [4.78, 5) is 13.0. The zero-order valence-corrected chi connectivity index (χ0v) is 15.5. The second-order valence-electron chi connectivity index (χ2n) is 6.59. The topological polar surface area (TPSA) is 79.9 Å². The third kappa shape index (κ3) is 3.77. The minimum atomic E-state index is -1.22. The fourth-order valence-electron chi connectivity index (χ4n) is 3.01. The van der Waals surface area contributed by atoms with Gasteiger partial charge in [0.1, 0.15) is 29.1 Å². The van der Waals surface area contributed by atoms with Gasteiger partial charge in [-0.2, -0.15) is 0 Å². The molecule has 0 saturated carbocycles. The number of rotatable bonds is 4. The number of hydrogen-bond donors (Lipinski definition) is 2. The third-order valence-electron chi connectivity index (χ3n) is 4.47. The molecule has 0 atom stereocenters. The zero-order valence-electron chi connectivity index (χ0n) is 15.5. The smallest absolute Gasteiger partial charge is 0.239 e. The summed E-state index contributed by atoms with van der Waals surface area (Å²) in [6.07, 6.45) is 0. The molecule has 0 fully saturated rings. The molecule has 0 spiro atoms. The normalized spacial score (nSPS) is 11.1. The van der Waals surface area contributed by atoms with Crippen LogP contribution in [-0.2, 0) is 6.61 Å². The number of benzene rings is 3. The lowest BCUT2D eigenvalue weighted by Crippen LogP contribution is -2.11. The summed E-state index contributed by atoms with van der Waals surface area (Å²) in [5.41, 5.74) is -1.01. The van der Waals surface area contributed by atoms with Crippen LogP contribution in [0.2, 0.25) is 0 Å². The first-order valence-electron chi connectivity index (χ1n) is 8.79. The van der Waals surface area contributed by atoms with Crippen LogP contribution in [-0.4, -0.2) is 10.2 Å². The zero-order chi connectivity index (χ0) is 22.3. The first kappa shape index (κ1) is 20.3. The van der Waals surface area contributed by atoms with Crippen molar-refractivity contribution in [1.29, 1.82) is 0 Å². The molecule has 0 aliphatic carbocycles. The van der Waals surface area contributed by atoms with Gasteiger partial charge in [-0.1, -0.05) is 6.07 Å². The Kier molecular flexibility index (Phi) is 5.02. The van der Waals surface area contributed by atoms with Crippen molar-refractivity contribution in [2.24, 2.45) is 0 Å². The Hall–Kier alpha value is -4.01. The highest BCUT2D eigenvalue weighted by molar-refractivity contribution is 5.88. The predicted molar refractivity (Wildman–Crippen MR) is 102 cm³/mol. The van der Waals surface area contributed by atoms with Gasteiger partial charge in [-0.05, 0) is 35.9 Å². The molecule has 0 saturated heterocycles. The number of aromatic hydroxyl groups is 2. The minimum Gasteiger partial charge on any atom is -0.508 e. The van der Waals surface area contributed by atoms with E-state index in [0.717, 1.165) is 42.5 Å². The number of hydrogen-bond acceptors (Lipinski definition) is 5. The first-order valence-corrected chi connectivity index (χ1v) is 8.79. The fraction of sp³-hybridized carbons (Fsp3) is 0.0455. The van der Waals surface area contributed by atoms with Crippen LogP contribution in [0.1, 0.15) is 5.56 Å². The van der Waals surface area contributed by atoms with Crippen molar-refractivity contribution in [3.63, 3.8) is 0 Å². The highest BCUT2D eigenvalue weighted by atomic mass is 19.2. The van der Waals surface area contributed by atoms with E-state index < -0.39 is 52.6 Å². The fourth-order valence-corrected chi connectivity index (χ4v) is 3.01. The molecule has 4 rings (SSSR count). The molecule has 2 N–H and O–H groups in total. The Morgan fingerprint density at radius 3 is 2.19 bits per heavy atom. The maximum Gasteiger partial charge on any atom is 0.239 e. The van der Waals surface area contributed by atoms with E-state index in [2.05, 4.69) is 0 Å². The number of phenols is 2. The van der Waals surface area contributed by atoms with E-state index in [4.69, 9.17) is 9.15 Å². The molecule has 0 bridgehead atoms. The van der Waals surface area contributed by atoms with Crippen LogP contribution in [0, 0.1) is 23.3 Å². The molecule has 1 aromatic heterocycles. The second kappa shape index (κ2) is 7.67. The molecule has 9 heteroatoms. The van der Waals surface area contributed by atoms with Crippen molar-refractivity contribution in [2.75, 3.05) is 0 Å². The summed E-state index contributed by atoms with van der Waals surface area (Å²) in [6, 6.07) is 7.66. The van der Waals surface area contributed by atoms with E-state index in [1.807, 2.05) is 0 Å². The van der Waals surface area contributed by atoms with Gasteiger partial charge in [0.15, 0.2) is 29.0 Å². The largest absolute Gasteiger partial charge is 0.508 e. The van der Waals surface area contributed by atoms with E-state index in [-0.39, 0.29) is 27.9 Å². The SMILES string of the molecule is O=c1c(OCc2ccc(F)c(F)c2)c(-c2ccc(F)c(F)c2)oc2cc(O)cc(O)c12. The Morgan fingerprint density at radius 2 is 1.52 bits per heavy atom.